The summed E-state index contributed by atoms with van der Waals surface area (Å²) in [5, 5.41) is 0. The van der Waals surface area contributed by atoms with Gasteiger partial charge in [0.05, 0.1) is 0 Å². The topological polar surface area (TPSA) is 0 Å². The van der Waals surface area contributed by atoms with E-state index >= 15 is 0 Å². The fourth-order valence-electron chi connectivity index (χ4n) is 4.46. The van der Waals surface area contributed by atoms with E-state index in [1.165, 1.54) is 36.1 Å². The molecule has 0 aliphatic heterocycles. The second kappa shape index (κ2) is 5.35. The van der Waals surface area contributed by atoms with Crippen molar-refractivity contribution in [2.45, 2.75) is 44.4 Å². The smallest absolute Gasteiger partial charge is 0.0119 e. The lowest BCUT2D eigenvalue weighted by Crippen LogP contribution is -2.33. The Morgan fingerprint density at radius 2 is 1.76 bits per heavy atom. The van der Waals surface area contributed by atoms with Gasteiger partial charge in [0, 0.05) is 10.8 Å². The number of fused-ring (bicyclic) bond motifs is 5. The summed E-state index contributed by atoms with van der Waals surface area (Å²) >= 11 is 2.06. The van der Waals surface area contributed by atoms with Crippen molar-refractivity contribution < 1.29 is 0 Å². The lowest BCUT2D eigenvalue weighted by molar-refractivity contribution is 0.348. The molecule has 0 aromatic heterocycles. The normalized spacial score (nSPS) is 32.5. The monoisotopic (exact) mass is 296 g/mol. The van der Waals surface area contributed by atoms with Crippen molar-refractivity contribution in [3.8, 4) is 0 Å². The lowest BCUT2D eigenvalue weighted by Gasteiger charge is -2.43. The van der Waals surface area contributed by atoms with Crippen LogP contribution in [0.25, 0.3) is 0 Å². The van der Waals surface area contributed by atoms with Gasteiger partial charge < -0.3 is 0 Å². The Balaban J connectivity index is 1.59. The Kier molecular flexibility index (Phi) is 3.49. The molecule has 0 spiro atoms. The molecule has 0 saturated heterocycles. The SMILES string of the molecule is CCCCC1=C(Sc2ccc(C)cc2)[C@H]2[C@@H]1[C@@H]1C=C[C@H]2C1. The number of aryl methyl sites for hydroxylation is 1. The minimum Gasteiger partial charge on any atom is -0.0943 e. The Bertz CT molecular complexity index is 593. The van der Waals surface area contributed by atoms with Crippen LogP contribution < -0.4 is 0 Å². The molecule has 1 aromatic rings. The number of hydrogen-bond donors (Lipinski definition) is 0. The molecular weight excluding hydrogens is 272 g/mol. The number of thioether (sulfide) groups is 1. The molecule has 2 bridgehead atoms. The summed E-state index contributed by atoms with van der Waals surface area (Å²) in [5.41, 5.74) is 3.16. The van der Waals surface area contributed by atoms with Crippen LogP contribution in [0.3, 0.4) is 0 Å². The van der Waals surface area contributed by atoms with Crippen molar-refractivity contribution in [2.24, 2.45) is 23.7 Å². The second-order valence-corrected chi connectivity index (χ2v) is 8.02. The lowest BCUT2D eigenvalue weighted by atomic mass is 9.67. The van der Waals surface area contributed by atoms with Crippen LogP contribution in [-0.2, 0) is 0 Å². The van der Waals surface area contributed by atoms with Gasteiger partial charge in [0.2, 0.25) is 0 Å². The molecule has 21 heavy (non-hydrogen) atoms. The van der Waals surface area contributed by atoms with Crippen LogP contribution in [-0.4, -0.2) is 0 Å². The van der Waals surface area contributed by atoms with Crippen LogP contribution in [0.2, 0.25) is 0 Å². The summed E-state index contributed by atoms with van der Waals surface area (Å²) in [6.07, 6.45) is 10.4. The third kappa shape index (κ3) is 2.21. The van der Waals surface area contributed by atoms with Gasteiger partial charge in [-0.2, -0.15) is 0 Å². The van der Waals surface area contributed by atoms with Crippen LogP contribution in [0.4, 0.5) is 0 Å². The first-order chi connectivity index (χ1) is 10.3. The molecule has 1 aromatic carbocycles. The highest BCUT2D eigenvalue weighted by Gasteiger charge is 2.54. The van der Waals surface area contributed by atoms with E-state index in [1.807, 2.05) is 5.57 Å². The second-order valence-electron chi connectivity index (χ2n) is 6.91. The molecule has 3 aliphatic carbocycles. The largest absolute Gasteiger partial charge is 0.0943 e. The molecule has 3 aliphatic rings. The summed E-state index contributed by atoms with van der Waals surface area (Å²) in [6, 6.07) is 9.07. The third-order valence-electron chi connectivity index (χ3n) is 5.53. The number of allylic oxidation sites excluding steroid dienone is 4. The van der Waals surface area contributed by atoms with Gasteiger partial charge in [-0.1, -0.05) is 60.5 Å². The summed E-state index contributed by atoms with van der Waals surface area (Å²) in [5.74, 6) is 3.48. The molecule has 0 unspecified atom stereocenters. The zero-order valence-electron chi connectivity index (χ0n) is 13.0. The fraction of sp³-hybridized carbons (Fsp3) is 0.500. The molecule has 0 N–H and O–H groups in total. The average molecular weight is 296 g/mol. The molecule has 0 nitrogen and oxygen atoms in total. The highest BCUT2D eigenvalue weighted by atomic mass is 32.2. The summed E-state index contributed by atoms with van der Waals surface area (Å²) in [7, 11) is 0. The zero-order valence-corrected chi connectivity index (χ0v) is 13.8. The minimum atomic E-state index is 0.846. The van der Waals surface area contributed by atoms with Gasteiger partial charge >= 0.3 is 0 Å². The van der Waals surface area contributed by atoms with Gasteiger partial charge in [-0.15, -0.1) is 0 Å². The Labute approximate surface area is 132 Å². The number of benzene rings is 1. The van der Waals surface area contributed by atoms with Crippen molar-refractivity contribution in [1.82, 2.24) is 0 Å². The summed E-state index contributed by atoms with van der Waals surface area (Å²) < 4.78 is 0. The van der Waals surface area contributed by atoms with E-state index in [9.17, 15) is 0 Å². The van der Waals surface area contributed by atoms with E-state index in [-0.39, 0.29) is 0 Å². The zero-order chi connectivity index (χ0) is 14.4. The fourth-order valence-corrected chi connectivity index (χ4v) is 5.81. The van der Waals surface area contributed by atoms with Crippen LogP contribution in [0.5, 0.6) is 0 Å². The van der Waals surface area contributed by atoms with Gasteiger partial charge in [0.1, 0.15) is 0 Å². The molecule has 1 heteroatoms. The number of rotatable bonds is 5. The van der Waals surface area contributed by atoms with Gasteiger partial charge in [0.15, 0.2) is 0 Å². The first-order valence-corrected chi connectivity index (χ1v) is 9.25. The minimum absolute atomic E-state index is 0.846. The van der Waals surface area contributed by atoms with Crippen molar-refractivity contribution >= 4 is 11.8 Å². The van der Waals surface area contributed by atoms with Gasteiger partial charge in [-0.25, -0.2) is 0 Å². The first-order valence-electron chi connectivity index (χ1n) is 8.43. The molecule has 0 heterocycles. The molecule has 1 fully saturated rings. The van der Waals surface area contributed by atoms with Crippen molar-refractivity contribution in [3.63, 3.8) is 0 Å². The first kappa shape index (κ1) is 13.7. The van der Waals surface area contributed by atoms with Gasteiger partial charge in [-0.3, -0.25) is 0 Å². The molecule has 0 radical (unpaired) electrons. The van der Waals surface area contributed by atoms with E-state index in [1.54, 1.807) is 4.91 Å². The maximum atomic E-state index is 2.51. The Morgan fingerprint density at radius 1 is 1.05 bits per heavy atom. The van der Waals surface area contributed by atoms with Crippen molar-refractivity contribution in [1.29, 1.82) is 0 Å². The standard InChI is InChI=1S/C20H24S/c1-3-4-5-17-18-14-8-9-15(12-14)19(18)20(17)21-16-10-6-13(2)7-11-16/h6-11,14-15,18-19H,3-5,12H2,1-2H3/t14-,15+,18-,19-/m1/s1. The van der Waals surface area contributed by atoms with E-state index in [2.05, 4.69) is 62.0 Å². The molecule has 0 amide bonds. The Morgan fingerprint density at radius 3 is 2.48 bits per heavy atom. The predicted molar refractivity (Wildman–Crippen MR) is 91.3 cm³/mol. The van der Waals surface area contributed by atoms with Crippen LogP contribution in [0, 0.1) is 30.6 Å². The highest BCUT2D eigenvalue weighted by molar-refractivity contribution is 8.03. The van der Waals surface area contributed by atoms with Crippen molar-refractivity contribution in [2.75, 3.05) is 0 Å². The molecule has 1 saturated carbocycles. The van der Waals surface area contributed by atoms with Crippen LogP contribution >= 0.6 is 11.8 Å². The Hall–Kier alpha value is -0.950. The van der Waals surface area contributed by atoms with Gasteiger partial charge in [0.25, 0.3) is 0 Å². The summed E-state index contributed by atoms with van der Waals surface area (Å²) in [6.45, 7) is 4.48. The highest BCUT2D eigenvalue weighted by Crippen LogP contribution is 2.65. The third-order valence-corrected chi connectivity index (χ3v) is 6.79. The maximum Gasteiger partial charge on any atom is 0.0119 e. The molecular formula is C20H24S. The van der Waals surface area contributed by atoms with E-state index in [4.69, 9.17) is 0 Å². The molecule has 110 valence electrons. The van der Waals surface area contributed by atoms with Crippen LogP contribution in [0.1, 0.15) is 38.2 Å². The van der Waals surface area contributed by atoms with Crippen LogP contribution in [0.15, 0.2) is 51.8 Å². The number of unbranched alkanes of at least 4 members (excludes halogenated alkanes) is 1. The molecule has 4 rings (SSSR count). The van der Waals surface area contributed by atoms with E-state index in [0.717, 1.165) is 23.7 Å². The summed E-state index contributed by atoms with van der Waals surface area (Å²) in [4.78, 5) is 3.16. The van der Waals surface area contributed by atoms with E-state index in [0.29, 0.717) is 0 Å². The van der Waals surface area contributed by atoms with E-state index < -0.39 is 0 Å². The quantitative estimate of drug-likeness (QED) is 0.602. The average Bonchev–Trinajstić information content (AvgIpc) is 3.05. The maximum absolute atomic E-state index is 2.51. The van der Waals surface area contributed by atoms with Crippen molar-refractivity contribution in [3.05, 3.63) is 52.5 Å². The van der Waals surface area contributed by atoms with Gasteiger partial charge in [-0.05, 0) is 61.0 Å². The predicted octanol–water partition coefficient (Wildman–Crippen LogP) is 5.98. The number of hydrogen-bond acceptors (Lipinski definition) is 1. The molecule has 4 atom stereocenters.